The van der Waals surface area contributed by atoms with E-state index in [2.05, 4.69) is 55.3 Å². The molecule has 0 spiro atoms. The van der Waals surface area contributed by atoms with Gasteiger partial charge in [-0.15, -0.1) is 20.4 Å². The maximum atomic E-state index is 4.69. The van der Waals surface area contributed by atoms with Crippen molar-refractivity contribution in [2.45, 2.75) is 40.5 Å². The molecule has 0 saturated carbocycles. The van der Waals surface area contributed by atoms with Gasteiger partial charge in [0, 0.05) is 12.8 Å². The average molecular weight is 571 g/mol. The highest BCUT2D eigenvalue weighted by molar-refractivity contribution is 7.14. The summed E-state index contributed by atoms with van der Waals surface area (Å²) in [6, 6.07) is 16.1. The molecule has 2 N–H and O–H groups in total. The van der Waals surface area contributed by atoms with Crippen molar-refractivity contribution in [3.63, 3.8) is 0 Å². The summed E-state index contributed by atoms with van der Waals surface area (Å²) in [5, 5.41) is 35.8. The molecule has 0 atom stereocenters. The van der Waals surface area contributed by atoms with E-state index in [4.69, 9.17) is 10.2 Å². The molecule has 14 heteroatoms. The fourth-order valence-corrected chi connectivity index (χ4v) is 5.39. The van der Waals surface area contributed by atoms with Crippen LogP contribution in [0.5, 0.6) is 0 Å². The minimum Gasteiger partial charge on any atom is -0.277 e. The monoisotopic (exact) mass is 570 g/mol. The van der Waals surface area contributed by atoms with Crippen molar-refractivity contribution in [3.8, 4) is 0 Å². The lowest BCUT2D eigenvalue weighted by Gasteiger charge is -2.03. The second-order valence-corrected chi connectivity index (χ2v) is 11.2. The molecule has 0 radical (unpaired) electrons. The normalized spacial score (nSPS) is 12.5. The molecule has 0 amide bonds. The fourth-order valence-electron chi connectivity index (χ4n) is 3.86. The molecule has 40 heavy (non-hydrogen) atoms. The van der Waals surface area contributed by atoms with Gasteiger partial charge in [0.05, 0.1) is 22.8 Å². The first-order chi connectivity index (χ1) is 19.4. The number of hydrogen-bond donors (Lipinski definition) is 2. The van der Waals surface area contributed by atoms with E-state index in [1.807, 2.05) is 62.4 Å². The SMILES string of the molecule is Cc1ccc(N/N=c2\sc3nnc(CCc4nnc5s/c(=N/Nc6ccc(C)cc6)c(C)nn45)n3nc2C)cc1. The molecule has 0 unspecified atom stereocenters. The number of aromatic nitrogens is 8. The minimum absolute atomic E-state index is 0.575. The van der Waals surface area contributed by atoms with Gasteiger partial charge in [0.1, 0.15) is 0 Å². The Labute approximate surface area is 236 Å². The summed E-state index contributed by atoms with van der Waals surface area (Å²) in [7, 11) is 0. The zero-order valence-electron chi connectivity index (χ0n) is 22.3. The van der Waals surface area contributed by atoms with Gasteiger partial charge in [-0.3, -0.25) is 10.9 Å². The number of benzene rings is 2. The Balaban J connectivity index is 1.20. The molecule has 4 heterocycles. The summed E-state index contributed by atoms with van der Waals surface area (Å²) < 4.78 is 5.02. The number of fused-ring (bicyclic) bond motifs is 2. The molecule has 6 aromatic rings. The van der Waals surface area contributed by atoms with Crippen LogP contribution in [0.4, 0.5) is 11.4 Å². The van der Waals surface area contributed by atoms with Gasteiger partial charge in [0.2, 0.25) is 9.92 Å². The molecule has 202 valence electrons. The summed E-state index contributed by atoms with van der Waals surface area (Å²) in [4.78, 5) is 1.33. The molecule has 0 aliphatic rings. The van der Waals surface area contributed by atoms with Crippen LogP contribution in [0.15, 0.2) is 58.7 Å². The van der Waals surface area contributed by atoms with Gasteiger partial charge >= 0.3 is 0 Å². The Bertz CT molecular complexity index is 1800. The van der Waals surface area contributed by atoms with Crippen molar-refractivity contribution in [2.75, 3.05) is 10.9 Å². The van der Waals surface area contributed by atoms with Crippen LogP contribution in [0.2, 0.25) is 0 Å². The summed E-state index contributed by atoms with van der Waals surface area (Å²) >= 11 is 2.85. The van der Waals surface area contributed by atoms with Crippen molar-refractivity contribution >= 4 is 44.0 Å². The van der Waals surface area contributed by atoms with E-state index in [-0.39, 0.29) is 0 Å². The van der Waals surface area contributed by atoms with Crippen LogP contribution in [-0.2, 0) is 12.8 Å². The lowest BCUT2D eigenvalue weighted by Crippen LogP contribution is -2.14. The predicted molar refractivity (Wildman–Crippen MR) is 155 cm³/mol. The van der Waals surface area contributed by atoms with Crippen LogP contribution < -0.4 is 20.2 Å². The Hall–Kier alpha value is -4.56. The quantitative estimate of drug-likeness (QED) is 0.278. The Kier molecular flexibility index (Phi) is 7.00. The van der Waals surface area contributed by atoms with Crippen molar-refractivity contribution in [3.05, 3.63) is 92.0 Å². The van der Waals surface area contributed by atoms with E-state index in [9.17, 15) is 0 Å². The smallest absolute Gasteiger partial charge is 0.234 e. The van der Waals surface area contributed by atoms with Crippen LogP contribution in [0.1, 0.15) is 34.2 Å². The molecule has 0 saturated heterocycles. The fraction of sp³-hybridized carbons (Fsp3) is 0.231. The second-order valence-electron chi connectivity index (χ2n) is 9.29. The first kappa shape index (κ1) is 25.7. The average Bonchev–Trinajstić information content (AvgIpc) is 3.53. The van der Waals surface area contributed by atoms with Gasteiger partial charge in [-0.2, -0.15) is 29.4 Å². The van der Waals surface area contributed by atoms with E-state index in [0.717, 1.165) is 43.8 Å². The maximum absolute atomic E-state index is 4.69. The highest BCUT2D eigenvalue weighted by Gasteiger charge is 2.14. The third-order valence-corrected chi connectivity index (χ3v) is 8.13. The van der Waals surface area contributed by atoms with E-state index in [1.165, 1.54) is 33.8 Å². The van der Waals surface area contributed by atoms with Crippen LogP contribution in [0.3, 0.4) is 0 Å². The van der Waals surface area contributed by atoms with Crippen molar-refractivity contribution in [1.82, 2.24) is 39.6 Å². The molecule has 0 fully saturated rings. The van der Waals surface area contributed by atoms with E-state index >= 15 is 0 Å². The number of nitrogens with one attached hydrogen (secondary N) is 2. The molecule has 0 aliphatic heterocycles. The Morgan fingerprint density at radius 2 is 1.00 bits per heavy atom. The topological polar surface area (TPSA) is 135 Å². The molecule has 2 aromatic carbocycles. The molecule has 12 nitrogen and oxygen atoms in total. The van der Waals surface area contributed by atoms with Crippen LogP contribution in [0.25, 0.3) is 9.92 Å². The van der Waals surface area contributed by atoms with Crippen molar-refractivity contribution < 1.29 is 0 Å². The van der Waals surface area contributed by atoms with Crippen LogP contribution in [0, 0.1) is 27.7 Å². The van der Waals surface area contributed by atoms with Crippen molar-refractivity contribution in [2.24, 2.45) is 10.2 Å². The molecule has 0 bridgehead atoms. The second kappa shape index (κ2) is 10.9. The van der Waals surface area contributed by atoms with Gasteiger partial charge in [-0.05, 0) is 52.0 Å². The van der Waals surface area contributed by atoms with Gasteiger partial charge in [0.15, 0.2) is 21.0 Å². The summed E-state index contributed by atoms with van der Waals surface area (Å²) in [6.07, 6.45) is 1.15. The third-order valence-electron chi connectivity index (χ3n) is 6.10. The van der Waals surface area contributed by atoms with Gasteiger partial charge < -0.3 is 0 Å². The van der Waals surface area contributed by atoms with E-state index < -0.39 is 0 Å². The van der Waals surface area contributed by atoms with Gasteiger partial charge in [0.25, 0.3) is 0 Å². The predicted octanol–water partition coefficient (Wildman–Crippen LogP) is 3.56. The zero-order chi connectivity index (χ0) is 27.6. The first-order valence-electron chi connectivity index (χ1n) is 12.6. The van der Waals surface area contributed by atoms with E-state index in [1.54, 1.807) is 9.03 Å². The third kappa shape index (κ3) is 5.44. The highest BCUT2D eigenvalue weighted by atomic mass is 32.1. The molecular formula is C26H26N12S2. The minimum atomic E-state index is 0.575. The summed E-state index contributed by atoms with van der Waals surface area (Å²) in [6.45, 7) is 7.95. The Morgan fingerprint density at radius 3 is 1.40 bits per heavy atom. The molecule has 4 aromatic heterocycles. The lowest BCUT2D eigenvalue weighted by atomic mass is 10.2. The highest BCUT2D eigenvalue weighted by Crippen LogP contribution is 2.12. The van der Waals surface area contributed by atoms with Crippen LogP contribution in [-0.4, -0.2) is 39.6 Å². The number of hydrogen-bond acceptors (Lipinski definition) is 12. The number of rotatable bonds is 7. The van der Waals surface area contributed by atoms with Crippen molar-refractivity contribution in [1.29, 1.82) is 0 Å². The maximum Gasteiger partial charge on any atom is 0.234 e. The Morgan fingerprint density at radius 1 is 0.600 bits per heavy atom. The lowest BCUT2D eigenvalue weighted by molar-refractivity contribution is 0.723. The number of aryl methyl sites for hydroxylation is 6. The zero-order valence-corrected chi connectivity index (χ0v) is 24.0. The first-order valence-corrected chi connectivity index (χ1v) is 14.2. The van der Waals surface area contributed by atoms with Gasteiger partial charge in [-0.25, -0.2) is 0 Å². The molecule has 6 rings (SSSR count). The number of nitrogens with zero attached hydrogens (tertiary/aromatic N) is 10. The summed E-state index contributed by atoms with van der Waals surface area (Å²) in [5.41, 5.74) is 11.9. The standard InChI is InChI=1S/C26H26N12S2/c1-15-5-9-19(10-6-15)27-31-23-17(3)35-37-21(29-33-25(37)39-23)13-14-22-30-34-26-38(22)36-18(4)24(40-26)32-28-20-11-7-16(2)8-12-20/h5-12,27-28H,13-14H2,1-4H3/b31-23-,32-24+. The largest absolute Gasteiger partial charge is 0.277 e. The summed E-state index contributed by atoms with van der Waals surface area (Å²) in [5.74, 6) is 1.47. The van der Waals surface area contributed by atoms with Crippen LogP contribution >= 0.6 is 22.7 Å². The molecule has 0 aliphatic carbocycles. The van der Waals surface area contributed by atoms with Gasteiger partial charge in [-0.1, -0.05) is 58.1 Å². The number of anilines is 2. The van der Waals surface area contributed by atoms with E-state index in [0.29, 0.717) is 22.8 Å². The molecular weight excluding hydrogens is 545 g/mol.